The number of methoxy groups -OCH3 is 1. The predicted molar refractivity (Wildman–Crippen MR) is 135 cm³/mol. The van der Waals surface area contributed by atoms with E-state index in [1.165, 1.54) is 6.20 Å². The van der Waals surface area contributed by atoms with E-state index in [1.54, 1.807) is 13.2 Å². The number of aliphatic hydroxyl groups is 1. The van der Waals surface area contributed by atoms with E-state index in [9.17, 15) is 9.90 Å². The number of aromatic nitrogens is 1. The van der Waals surface area contributed by atoms with Gasteiger partial charge in [0.15, 0.2) is 11.5 Å². The van der Waals surface area contributed by atoms with Crippen LogP contribution in [0.2, 0.25) is 0 Å². The number of carbonyl (C=O) groups is 1. The predicted octanol–water partition coefficient (Wildman–Crippen LogP) is 2.99. The summed E-state index contributed by atoms with van der Waals surface area (Å²) in [5, 5.41) is 13.6. The van der Waals surface area contributed by atoms with E-state index in [2.05, 4.69) is 15.2 Å². The molecule has 1 aliphatic rings. The molecule has 2 heterocycles. The number of nitrogens with one attached hydrogen (secondary N) is 1. The van der Waals surface area contributed by atoms with Crippen LogP contribution in [-0.2, 0) is 11.3 Å². The van der Waals surface area contributed by atoms with Crippen molar-refractivity contribution in [3.05, 3.63) is 53.2 Å². The summed E-state index contributed by atoms with van der Waals surface area (Å²) in [4.78, 5) is 19.0. The molecule has 0 spiro atoms. The Morgan fingerprint density at radius 3 is 2.77 bits per heavy atom. The highest BCUT2D eigenvalue weighted by Crippen LogP contribution is 2.38. The minimum absolute atomic E-state index is 0.0822. The summed E-state index contributed by atoms with van der Waals surface area (Å²) in [6, 6.07) is 9.20. The van der Waals surface area contributed by atoms with Crippen LogP contribution in [0.15, 0.2) is 36.5 Å². The van der Waals surface area contributed by atoms with Crippen molar-refractivity contribution in [1.82, 2.24) is 9.88 Å². The van der Waals surface area contributed by atoms with E-state index in [4.69, 9.17) is 19.9 Å². The summed E-state index contributed by atoms with van der Waals surface area (Å²) in [6.45, 7) is 6.75. The molecule has 2 aromatic carbocycles. The number of nitrogens with two attached hydrogens (primary N) is 1. The Morgan fingerprint density at radius 2 is 2.06 bits per heavy atom. The van der Waals surface area contributed by atoms with Crippen molar-refractivity contribution in [3.8, 4) is 11.5 Å². The number of aliphatic hydroxyl groups excluding tert-OH is 1. The lowest BCUT2D eigenvalue weighted by molar-refractivity contribution is 0.0357. The molecule has 0 bridgehead atoms. The second kappa shape index (κ2) is 11.4. The van der Waals surface area contributed by atoms with Crippen molar-refractivity contribution in [2.24, 2.45) is 5.73 Å². The molecular weight excluding hydrogens is 448 g/mol. The molecule has 1 aliphatic heterocycles. The highest BCUT2D eigenvalue weighted by Gasteiger charge is 2.18. The highest BCUT2D eigenvalue weighted by molar-refractivity contribution is 6.08. The topological polar surface area (TPSA) is 119 Å². The molecule has 9 heteroatoms. The minimum atomic E-state index is -0.597. The summed E-state index contributed by atoms with van der Waals surface area (Å²) in [5.74, 6) is 0.530. The standard InChI is InChI=1S/C26H32N4O5/c1-17-18(16-31)5-3-6-21(17)29-25-19-13-23(33-2)24(14-22(19)28-15-20(25)26(27)32)35-10-4-7-30-8-11-34-12-9-30/h3,5-6,13-15,31H,4,7-12,16H2,1-2H3,(H2,27,32)(H,28,29). The second-order valence-corrected chi connectivity index (χ2v) is 8.46. The van der Waals surface area contributed by atoms with Gasteiger partial charge < -0.3 is 30.4 Å². The van der Waals surface area contributed by atoms with Crippen LogP contribution in [0.25, 0.3) is 10.9 Å². The first-order valence-electron chi connectivity index (χ1n) is 11.7. The largest absolute Gasteiger partial charge is 0.493 e. The third-order valence-corrected chi connectivity index (χ3v) is 6.27. The lowest BCUT2D eigenvalue weighted by Crippen LogP contribution is -2.37. The number of anilines is 2. The van der Waals surface area contributed by atoms with E-state index in [1.807, 2.05) is 31.2 Å². The van der Waals surface area contributed by atoms with Crippen molar-refractivity contribution in [2.45, 2.75) is 20.0 Å². The van der Waals surface area contributed by atoms with Gasteiger partial charge in [0.2, 0.25) is 0 Å². The third-order valence-electron chi connectivity index (χ3n) is 6.27. The molecule has 1 amide bonds. The van der Waals surface area contributed by atoms with Gasteiger partial charge in [0.25, 0.3) is 5.91 Å². The molecule has 1 saturated heterocycles. The number of amides is 1. The van der Waals surface area contributed by atoms with Crippen LogP contribution < -0.4 is 20.5 Å². The monoisotopic (exact) mass is 480 g/mol. The van der Waals surface area contributed by atoms with E-state index < -0.39 is 5.91 Å². The first kappa shape index (κ1) is 24.7. The first-order valence-corrected chi connectivity index (χ1v) is 11.7. The van der Waals surface area contributed by atoms with Crippen LogP contribution in [0.1, 0.15) is 27.9 Å². The Morgan fingerprint density at radius 1 is 1.26 bits per heavy atom. The number of benzene rings is 2. The molecule has 1 fully saturated rings. The van der Waals surface area contributed by atoms with E-state index >= 15 is 0 Å². The molecule has 0 aliphatic carbocycles. The Bertz CT molecular complexity index is 1190. The second-order valence-electron chi connectivity index (χ2n) is 8.46. The van der Waals surface area contributed by atoms with E-state index in [-0.39, 0.29) is 12.2 Å². The van der Waals surface area contributed by atoms with Gasteiger partial charge in [-0.3, -0.25) is 14.7 Å². The number of hydrogen-bond acceptors (Lipinski definition) is 8. The zero-order valence-corrected chi connectivity index (χ0v) is 20.2. The maximum Gasteiger partial charge on any atom is 0.252 e. The number of fused-ring (bicyclic) bond motifs is 1. The molecule has 0 saturated carbocycles. The van der Waals surface area contributed by atoms with Crippen molar-refractivity contribution in [2.75, 3.05) is 51.9 Å². The molecule has 4 rings (SSSR count). The van der Waals surface area contributed by atoms with Crippen LogP contribution in [-0.4, -0.2) is 67.5 Å². The zero-order chi connectivity index (χ0) is 24.8. The number of primary amides is 1. The van der Waals surface area contributed by atoms with Crippen LogP contribution in [0, 0.1) is 6.92 Å². The Labute approximate surface area is 204 Å². The van der Waals surface area contributed by atoms with Crippen molar-refractivity contribution >= 4 is 28.2 Å². The molecule has 35 heavy (non-hydrogen) atoms. The van der Waals surface area contributed by atoms with Crippen LogP contribution in [0.3, 0.4) is 0 Å². The number of hydrogen-bond donors (Lipinski definition) is 3. The summed E-state index contributed by atoms with van der Waals surface area (Å²) in [7, 11) is 1.58. The van der Waals surface area contributed by atoms with E-state index in [0.29, 0.717) is 34.7 Å². The minimum Gasteiger partial charge on any atom is -0.493 e. The van der Waals surface area contributed by atoms with Crippen molar-refractivity contribution in [1.29, 1.82) is 0 Å². The molecular formula is C26H32N4O5. The Kier molecular flexibility index (Phi) is 8.02. The maximum absolute atomic E-state index is 12.2. The summed E-state index contributed by atoms with van der Waals surface area (Å²) in [5.41, 5.74) is 9.52. The number of nitrogens with zero attached hydrogens (tertiary/aromatic N) is 2. The first-order chi connectivity index (χ1) is 17.0. The van der Waals surface area contributed by atoms with Gasteiger partial charge in [0.05, 0.1) is 50.3 Å². The molecule has 9 nitrogen and oxygen atoms in total. The van der Waals surface area contributed by atoms with Gasteiger partial charge in [-0.05, 0) is 36.6 Å². The molecule has 186 valence electrons. The fourth-order valence-corrected chi connectivity index (χ4v) is 4.21. The van der Waals surface area contributed by atoms with Gasteiger partial charge in [0, 0.05) is 43.0 Å². The van der Waals surface area contributed by atoms with Crippen LogP contribution in [0.5, 0.6) is 11.5 Å². The summed E-state index contributed by atoms with van der Waals surface area (Å²) in [6.07, 6.45) is 2.34. The zero-order valence-electron chi connectivity index (χ0n) is 20.2. The van der Waals surface area contributed by atoms with Crippen LogP contribution in [0.4, 0.5) is 11.4 Å². The van der Waals surface area contributed by atoms with E-state index in [0.717, 1.165) is 56.1 Å². The Hall–Kier alpha value is -3.40. The normalized spacial score (nSPS) is 14.1. The number of ether oxygens (including phenoxy) is 3. The summed E-state index contributed by atoms with van der Waals surface area (Å²) >= 11 is 0. The fourth-order valence-electron chi connectivity index (χ4n) is 4.21. The van der Waals surface area contributed by atoms with Gasteiger partial charge >= 0.3 is 0 Å². The number of morpholine rings is 1. The molecule has 0 radical (unpaired) electrons. The molecule has 0 unspecified atom stereocenters. The average Bonchev–Trinajstić information content (AvgIpc) is 2.87. The number of rotatable bonds is 10. The molecule has 1 aromatic heterocycles. The third kappa shape index (κ3) is 5.64. The lowest BCUT2D eigenvalue weighted by atomic mass is 10.0. The quantitative estimate of drug-likeness (QED) is 0.379. The lowest BCUT2D eigenvalue weighted by Gasteiger charge is -2.26. The van der Waals surface area contributed by atoms with Crippen molar-refractivity contribution in [3.63, 3.8) is 0 Å². The van der Waals surface area contributed by atoms with Gasteiger partial charge in [-0.25, -0.2) is 0 Å². The molecule has 4 N–H and O–H groups in total. The molecule has 0 atom stereocenters. The molecule has 3 aromatic rings. The smallest absolute Gasteiger partial charge is 0.252 e. The van der Waals surface area contributed by atoms with Gasteiger partial charge in [-0.2, -0.15) is 0 Å². The fraction of sp³-hybridized carbons (Fsp3) is 0.385. The average molecular weight is 481 g/mol. The van der Waals surface area contributed by atoms with Crippen molar-refractivity contribution < 1.29 is 24.1 Å². The maximum atomic E-state index is 12.2. The van der Waals surface area contributed by atoms with Gasteiger partial charge in [0.1, 0.15) is 0 Å². The van der Waals surface area contributed by atoms with Gasteiger partial charge in [-0.15, -0.1) is 0 Å². The van der Waals surface area contributed by atoms with Crippen LogP contribution >= 0.6 is 0 Å². The SMILES string of the molecule is COc1cc2c(Nc3cccc(CO)c3C)c(C(N)=O)cnc2cc1OCCCN1CCOCC1. The Balaban J connectivity index is 1.62. The highest BCUT2D eigenvalue weighted by atomic mass is 16.5. The number of pyridine rings is 1. The number of carbonyl (C=O) groups excluding carboxylic acids is 1. The summed E-state index contributed by atoms with van der Waals surface area (Å²) < 4.78 is 17.1. The van der Waals surface area contributed by atoms with Gasteiger partial charge in [-0.1, -0.05) is 12.1 Å².